The number of aromatic amines is 1. The Kier molecular flexibility index (Phi) is 3.41. The first-order valence-corrected chi connectivity index (χ1v) is 6.75. The van der Waals surface area contributed by atoms with Crippen LogP contribution >= 0.6 is 0 Å². The molecule has 0 bridgehead atoms. The Labute approximate surface area is 117 Å². The van der Waals surface area contributed by atoms with E-state index in [1.807, 2.05) is 37.3 Å². The number of hydrogen-bond acceptors (Lipinski definition) is 3. The summed E-state index contributed by atoms with van der Waals surface area (Å²) >= 11 is 0. The number of benzene rings is 1. The van der Waals surface area contributed by atoms with Crippen molar-refractivity contribution in [2.45, 2.75) is 26.0 Å². The average molecular weight is 271 g/mol. The molecule has 0 saturated heterocycles. The van der Waals surface area contributed by atoms with Crippen LogP contribution in [0.25, 0.3) is 0 Å². The molecule has 0 spiro atoms. The molecule has 1 aliphatic heterocycles. The van der Waals surface area contributed by atoms with Crippen LogP contribution in [-0.4, -0.2) is 27.5 Å². The number of carbonyl (C=O) groups is 1. The predicted molar refractivity (Wildman–Crippen MR) is 74.0 cm³/mol. The number of hydrogen-bond donors (Lipinski definition) is 1. The Morgan fingerprint density at radius 1 is 1.45 bits per heavy atom. The first-order valence-electron chi connectivity index (χ1n) is 6.75. The van der Waals surface area contributed by atoms with Crippen molar-refractivity contribution in [1.29, 1.82) is 0 Å². The second-order valence-corrected chi connectivity index (χ2v) is 4.93. The van der Waals surface area contributed by atoms with Crippen molar-refractivity contribution in [3.05, 3.63) is 53.6 Å². The van der Waals surface area contributed by atoms with E-state index in [4.69, 9.17) is 4.74 Å². The van der Waals surface area contributed by atoms with Crippen LogP contribution in [0.15, 0.2) is 36.7 Å². The van der Waals surface area contributed by atoms with Gasteiger partial charge in [0.15, 0.2) is 0 Å². The van der Waals surface area contributed by atoms with Gasteiger partial charge in [0.05, 0.1) is 18.1 Å². The minimum absolute atomic E-state index is 0.0479. The number of ether oxygens (including phenoxy) is 1. The second kappa shape index (κ2) is 5.36. The molecule has 5 heteroatoms. The number of nitrogens with zero attached hydrogens (tertiary/aromatic N) is 2. The number of fused-ring (bicyclic) bond motifs is 1. The molecule has 1 aromatic carbocycles. The number of amides is 1. The Morgan fingerprint density at radius 2 is 2.25 bits per heavy atom. The Morgan fingerprint density at radius 3 is 3.05 bits per heavy atom. The molecular formula is C15H17N3O2. The second-order valence-electron chi connectivity index (χ2n) is 4.93. The summed E-state index contributed by atoms with van der Waals surface area (Å²) in [5.74, 6) is 0. The Balaban J connectivity index is 1.64. The van der Waals surface area contributed by atoms with Gasteiger partial charge in [-0.25, -0.2) is 9.78 Å². The summed E-state index contributed by atoms with van der Waals surface area (Å²) < 4.78 is 5.38. The SMILES string of the molecule is CC1c2nc[nH]c2CCN1C(=O)OCc1ccccc1. The van der Waals surface area contributed by atoms with Crippen LogP contribution in [-0.2, 0) is 17.8 Å². The molecule has 1 aromatic heterocycles. The van der Waals surface area contributed by atoms with Gasteiger partial charge in [0.2, 0.25) is 0 Å². The van der Waals surface area contributed by atoms with E-state index in [-0.39, 0.29) is 12.1 Å². The topological polar surface area (TPSA) is 58.2 Å². The van der Waals surface area contributed by atoms with E-state index in [1.54, 1.807) is 11.2 Å². The standard InChI is InChI=1S/C15H17N3O2/c1-11-14-13(16-10-17-14)7-8-18(11)15(19)20-9-12-5-3-2-4-6-12/h2-6,10-11H,7-9H2,1H3,(H,16,17). The highest BCUT2D eigenvalue weighted by Crippen LogP contribution is 2.27. The van der Waals surface area contributed by atoms with Gasteiger partial charge in [-0.2, -0.15) is 0 Å². The maximum absolute atomic E-state index is 12.2. The quantitative estimate of drug-likeness (QED) is 0.913. The van der Waals surface area contributed by atoms with E-state index in [2.05, 4.69) is 9.97 Å². The van der Waals surface area contributed by atoms with Crippen molar-refractivity contribution in [2.75, 3.05) is 6.54 Å². The summed E-state index contributed by atoms with van der Waals surface area (Å²) in [5.41, 5.74) is 3.04. The number of rotatable bonds is 2. The minimum Gasteiger partial charge on any atom is -0.445 e. The van der Waals surface area contributed by atoms with E-state index in [0.29, 0.717) is 13.2 Å². The molecule has 0 saturated carbocycles. The molecule has 20 heavy (non-hydrogen) atoms. The largest absolute Gasteiger partial charge is 0.445 e. The van der Waals surface area contributed by atoms with Crippen molar-refractivity contribution in [1.82, 2.24) is 14.9 Å². The molecule has 1 amide bonds. The van der Waals surface area contributed by atoms with Gasteiger partial charge in [-0.3, -0.25) is 4.90 Å². The predicted octanol–water partition coefficient (Wildman–Crippen LogP) is 2.67. The zero-order valence-electron chi connectivity index (χ0n) is 11.4. The number of imidazole rings is 1. The summed E-state index contributed by atoms with van der Waals surface area (Å²) in [7, 11) is 0. The van der Waals surface area contributed by atoms with Crippen LogP contribution in [0.5, 0.6) is 0 Å². The minimum atomic E-state index is -0.282. The summed E-state index contributed by atoms with van der Waals surface area (Å²) in [4.78, 5) is 21.3. The lowest BCUT2D eigenvalue weighted by Gasteiger charge is -2.31. The molecule has 2 heterocycles. The molecule has 0 fully saturated rings. The third-order valence-electron chi connectivity index (χ3n) is 3.66. The molecule has 0 radical (unpaired) electrons. The van der Waals surface area contributed by atoms with Crippen molar-refractivity contribution in [3.8, 4) is 0 Å². The highest BCUT2D eigenvalue weighted by Gasteiger charge is 2.30. The van der Waals surface area contributed by atoms with Crippen molar-refractivity contribution < 1.29 is 9.53 Å². The maximum Gasteiger partial charge on any atom is 0.410 e. The fourth-order valence-electron chi connectivity index (χ4n) is 2.52. The molecule has 2 aromatic rings. The Hall–Kier alpha value is -2.30. The van der Waals surface area contributed by atoms with Gasteiger partial charge in [-0.05, 0) is 12.5 Å². The summed E-state index contributed by atoms with van der Waals surface area (Å²) in [6, 6.07) is 9.65. The van der Waals surface area contributed by atoms with E-state index in [1.165, 1.54) is 0 Å². The van der Waals surface area contributed by atoms with Gasteiger partial charge < -0.3 is 9.72 Å². The first kappa shape index (κ1) is 12.7. The van der Waals surface area contributed by atoms with Crippen LogP contribution in [0.2, 0.25) is 0 Å². The van der Waals surface area contributed by atoms with Gasteiger partial charge >= 0.3 is 6.09 Å². The van der Waals surface area contributed by atoms with E-state index >= 15 is 0 Å². The molecule has 1 atom stereocenters. The fourth-order valence-corrected chi connectivity index (χ4v) is 2.52. The summed E-state index contributed by atoms with van der Waals surface area (Å²) in [5, 5.41) is 0. The number of H-pyrrole nitrogens is 1. The van der Waals surface area contributed by atoms with E-state index in [9.17, 15) is 4.79 Å². The van der Waals surface area contributed by atoms with Crippen LogP contribution in [0.1, 0.15) is 29.9 Å². The van der Waals surface area contributed by atoms with Crippen molar-refractivity contribution >= 4 is 6.09 Å². The summed E-state index contributed by atoms with van der Waals surface area (Å²) in [6.45, 7) is 2.93. The van der Waals surface area contributed by atoms with Gasteiger partial charge in [-0.1, -0.05) is 30.3 Å². The van der Waals surface area contributed by atoms with Crippen LogP contribution in [0.3, 0.4) is 0 Å². The fraction of sp³-hybridized carbons (Fsp3) is 0.333. The first-order chi connectivity index (χ1) is 9.75. The van der Waals surface area contributed by atoms with Crippen LogP contribution < -0.4 is 0 Å². The lowest BCUT2D eigenvalue weighted by molar-refractivity contribution is 0.0794. The van der Waals surface area contributed by atoms with E-state index < -0.39 is 0 Å². The number of nitrogens with one attached hydrogen (secondary N) is 1. The number of carbonyl (C=O) groups excluding carboxylic acids is 1. The van der Waals surface area contributed by atoms with Gasteiger partial charge in [0.25, 0.3) is 0 Å². The zero-order valence-corrected chi connectivity index (χ0v) is 11.4. The molecule has 0 aliphatic carbocycles. The van der Waals surface area contributed by atoms with Gasteiger partial charge in [-0.15, -0.1) is 0 Å². The van der Waals surface area contributed by atoms with Gasteiger partial charge in [0.1, 0.15) is 6.61 Å². The lowest BCUT2D eigenvalue weighted by atomic mass is 10.1. The molecule has 1 unspecified atom stereocenters. The third kappa shape index (κ3) is 2.39. The maximum atomic E-state index is 12.2. The highest BCUT2D eigenvalue weighted by molar-refractivity contribution is 5.68. The highest BCUT2D eigenvalue weighted by atomic mass is 16.6. The molecule has 3 rings (SSSR count). The van der Waals surface area contributed by atoms with Crippen molar-refractivity contribution in [2.24, 2.45) is 0 Å². The smallest absolute Gasteiger partial charge is 0.410 e. The lowest BCUT2D eigenvalue weighted by Crippen LogP contribution is -2.39. The molecule has 1 aliphatic rings. The van der Waals surface area contributed by atoms with E-state index in [0.717, 1.165) is 23.4 Å². The van der Waals surface area contributed by atoms with Crippen LogP contribution in [0, 0.1) is 0 Å². The normalized spacial score (nSPS) is 17.6. The third-order valence-corrected chi connectivity index (χ3v) is 3.66. The molecule has 104 valence electrons. The molecule has 5 nitrogen and oxygen atoms in total. The number of aromatic nitrogens is 2. The van der Waals surface area contributed by atoms with Crippen molar-refractivity contribution in [3.63, 3.8) is 0 Å². The monoisotopic (exact) mass is 271 g/mol. The average Bonchev–Trinajstić information content (AvgIpc) is 2.96. The Bertz CT molecular complexity index is 594. The van der Waals surface area contributed by atoms with Crippen LogP contribution in [0.4, 0.5) is 4.79 Å². The van der Waals surface area contributed by atoms with Gasteiger partial charge in [0, 0.05) is 18.7 Å². The summed E-state index contributed by atoms with van der Waals surface area (Å²) in [6.07, 6.45) is 2.19. The zero-order chi connectivity index (χ0) is 13.9. The molecule has 1 N–H and O–H groups in total. The molecular weight excluding hydrogens is 254 g/mol.